The summed E-state index contributed by atoms with van der Waals surface area (Å²) in [5.41, 5.74) is -1.33. The van der Waals surface area contributed by atoms with Crippen LogP contribution in [0.1, 0.15) is 59.3 Å². The van der Waals surface area contributed by atoms with E-state index in [1.807, 2.05) is 13.8 Å². The number of rotatable bonds is 1. The third kappa shape index (κ3) is 2.08. The molecule has 0 aliphatic heterocycles. The predicted molar refractivity (Wildman–Crippen MR) is 95.1 cm³/mol. The molecule has 0 heterocycles. The first-order valence-electron chi connectivity index (χ1n) is 9.89. The van der Waals surface area contributed by atoms with Crippen molar-refractivity contribution in [1.82, 2.24) is 0 Å². The number of fused-ring (bicyclic) bond motifs is 5. The molecule has 3 saturated carbocycles. The van der Waals surface area contributed by atoms with E-state index in [-0.39, 0.29) is 35.7 Å². The van der Waals surface area contributed by atoms with Gasteiger partial charge in [-0.05, 0) is 68.4 Å². The third-order valence-corrected chi connectivity index (χ3v) is 8.61. The van der Waals surface area contributed by atoms with Crippen LogP contribution in [-0.4, -0.2) is 44.7 Å². The summed E-state index contributed by atoms with van der Waals surface area (Å²) in [6.07, 6.45) is 3.29. The maximum atomic E-state index is 12.9. The molecule has 0 radical (unpaired) electrons. The Bertz CT molecular complexity index is 699. The van der Waals surface area contributed by atoms with Crippen LogP contribution in [0.25, 0.3) is 0 Å². The molecule has 0 spiro atoms. The highest BCUT2D eigenvalue weighted by atomic mass is 16.3. The van der Waals surface area contributed by atoms with E-state index in [0.717, 1.165) is 18.4 Å². The number of ketones is 2. The molecule has 0 aromatic heterocycles. The lowest BCUT2D eigenvalue weighted by atomic mass is 9.46. The zero-order chi connectivity index (χ0) is 19.1. The van der Waals surface area contributed by atoms with E-state index < -0.39 is 28.6 Å². The van der Waals surface area contributed by atoms with Crippen molar-refractivity contribution >= 4 is 11.6 Å². The van der Waals surface area contributed by atoms with Crippen LogP contribution >= 0.6 is 0 Å². The van der Waals surface area contributed by atoms with Crippen molar-refractivity contribution in [3.63, 3.8) is 0 Å². The van der Waals surface area contributed by atoms with Gasteiger partial charge in [0.25, 0.3) is 0 Å². The van der Waals surface area contributed by atoms with Gasteiger partial charge in [0.05, 0.1) is 17.8 Å². The van der Waals surface area contributed by atoms with Crippen molar-refractivity contribution in [3.8, 4) is 0 Å². The van der Waals surface area contributed by atoms with Gasteiger partial charge in [-0.3, -0.25) is 9.59 Å². The van der Waals surface area contributed by atoms with Crippen LogP contribution in [-0.2, 0) is 9.59 Å². The summed E-state index contributed by atoms with van der Waals surface area (Å²) in [5.74, 6) is -0.406. The lowest BCUT2D eigenvalue weighted by Crippen LogP contribution is -2.60. The largest absolute Gasteiger partial charge is 0.390 e. The Kier molecular flexibility index (Phi) is 3.87. The maximum Gasteiger partial charge on any atom is 0.159 e. The smallest absolute Gasteiger partial charge is 0.159 e. The van der Waals surface area contributed by atoms with Crippen molar-refractivity contribution in [2.24, 2.45) is 28.6 Å². The van der Waals surface area contributed by atoms with Crippen molar-refractivity contribution in [2.75, 3.05) is 0 Å². The maximum absolute atomic E-state index is 12.9. The lowest BCUT2D eigenvalue weighted by molar-refractivity contribution is -0.153. The summed E-state index contributed by atoms with van der Waals surface area (Å²) in [6.45, 7) is 5.64. The van der Waals surface area contributed by atoms with Gasteiger partial charge in [-0.1, -0.05) is 13.8 Å². The summed E-state index contributed by atoms with van der Waals surface area (Å²) < 4.78 is 0. The molecule has 0 bridgehead atoms. The minimum Gasteiger partial charge on any atom is -0.390 e. The molecule has 3 N–H and O–H groups in total. The van der Waals surface area contributed by atoms with Gasteiger partial charge in [-0.15, -0.1) is 0 Å². The van der Waals surface area contributed by atoms with Crippen LogP contribution in [0.5, 0.6) is 0 Å². The van der Waals surface area contributed by atoms with Crippen molar-refractivity contribution in [3.05, 3.63) is 11.6 Å². The van der Waals surface area contributed by atoms with E-state index in [2.05, 4.69) is 0 Å². The highest BCUT2D eigenvalue weighted by molar-refractivity contribution is 5.95. The molecule has 5 nitrogen and oxygen atoms in total. The van der Waals surface area contributed by atoms with Gasteiger partial charge >= 0.3 is 0 Å². The second-order valence-corrected chi connectivity index (χ2v) is 9.71. The Morgan fingerprint density at radius 2 is 1.81 bits per heavy atom. The average molecular weight is 362 g/mol. The van der Waals surface area contributed by atoms with Crippen LogP contribution in [0.3, 0.4) is 0 Å². The number of hydrogen-bond acceptors (Lipinski definition) is 5. The quantitative estimate of drug-likeness (QED) is 0.661. The first-order chi connectivity index (χ1) is 12.0. The first-order valence-corrected chi connectivity index (χ1v) is 9.89. The molecule has 0 amide bonds. The molecule has 4 rings (SSSR count). The number of hydrogen-bond donors (Lipinski definition) is 3. The number of aliphatic hydroxyl groups excluding tert-OH is 2. The van der Waals surface area contributed by atoms with Crippen LogP contribution in [0, 0.1) is 28.6 Å². The van der Waals surface area contributed by atoms with E-state index in [0.29, 0.717) is 19.3 Å². The molecule has 26 heavy (non-hydrogen) atoms. The fraction of sp³-hybridized carbons (Fsp3) is 0.810. The van der Waals surface area contributed by atoms with Gasteiger partial charge in [-0.25, -0.2) is 0 Å². The van der Waals surface area contributed by atoms with Crippen LogP contribution in [0.15, 0.2) is 11.6 Å². The summed E-state index contributed by atoms with van der Waals surface area (Å²) in [4.78, 5) is 25.1. The van der Waals surface area contributed by atoms with E-state index >= 15 is 0 Å². The van der Waals surface area contributed by atoms with Crippen molar-refractivity contribution in [2.45, 2.75) is 77.1 Å². The molecule has 4 aliphatic carbocycles. The number of allylic oxidation sites excluding steroid dienone is 1. The Balaban J connectivity index is 1.80. The topological polar surface area (TPSA) is 94.8 Å². The van der Waals surface area contributed by atoms with Crippen molar-refractivity contribution < 1.29 is 24.9 Å². The van der Waals surface area contributed by atoms with Gasteiger partial charge in [0, 0.05) is 17.3 Å². The minimum atomic E-state index is -1.13. The molecule has 5 heteroatoms. The molecule has 0 aromatic carbocycles. The number of carbonyl (C=O) groups excluding carboxylic acids is 2. The number of Topliss-reactive ketones (excluding diaryl/α,β-unsaturated/α-hetero) is 1. The summed E-state index contributed by atoms with van der Waals surface area (Å²) in [6, 6.07) is 0. The lowest BCUT2D eigenvalue weighted by Gasteiger charge is -2.59. The molecule has 4 aliphatic rings. The Morgan fingerprint density at radius 3 is 2.46 bits per heavy atom. The van der Waals surface area contributed by atoms with E-state index in [1.165, 1.54) is 0 Å². The first kappa shape index (κ1) is 18.3. The molecule has 0 aromatic rings. The molecule has 0 unspecified atom stereocenters. The normalized spacial score (nSPS) is 53.4. The molecule has 3 fully saturated rings. The summed E-state index contributed by atoms with van der Waals surface area (Å²) in [5, 5.41) is 32.1. The Hall–Kier alpha value is -1.04. The zero-order valence-electron chi connectivity index (χ0n) is 15.9. The van der Waals surface area contributed by atoms with E-state index in [1.54, 1.807) is 13.0 Å². The Labute approximate surface area is 154 Å². The van der Waals surface area contributed by atoms with Gasteiger partial charge in [0.1, 0.15) is 5.78 Å². The van der Waals surface area contributed by atoms with E-state index in [4.69, 9.17) is 0 Å². The van der Waals surface area contributed by atoms with Crippen molar-refractivity contribution in [1.29, 1.82) is 0 Å². The fourth-order valence-corrected chi connectivity index (χ4v) is 7.02. The van der Waals surface area contributed by atoms with Gasteiger partial charge in [-0.2, -0.15) is 0 Å². The van der Waals surface area contributed by atoms with Gasteiger partial charge in [0.2, 0.25) is 0 Å². The van der Waals surface area contributed by atoms with E-state index in [9.17, 15) is 24.9 Å². The second kappa shape index (κ2) is 5.49. The third-order valence-electron chi connectivity index (χ3n) is 8.61. The standard InChI is InChI=1S/C21H30O5/c1-11(22)12-5-7-21(26)14-8-16(23)15-9-17(24)18(25)10-19(15,2)13(14)4-6-20(12,21)3/h8,12-13,15,17-18,24-26H,4-7,9-10H2,1-3H3/t12-,13-,15+,17-,18+,19-,20-,21-/m1/s1. The molecule has 0 saturated heterocycles. The Morgan fingerprint density at radius 1 is 1.12 bits per heavy atom. The van der Waals surface area contributed by atoms with Gasteiger partial charge < -0.3 is 15.3 Å². The summed E-state index contributed by atoms with van der Waals surface area (Å²) in [7, 11) is 0. The average Bonchev–Trinajstić information content (AvgIpc) is 2.83. The van der Waals surface area contributed by atoms with Crippen LogP contribution in [0.4, 0.5) is 0 Å². The number of aliphatic hydroxyl groups is 3. The SMILES string of the molecule is CC(=O)[C@H]1CC[C@@]2(O)C3=CC(=O)[C@@H]4C[C@@H](O)[C@@H](O)C[C@]4(C)[C@@H]3CC[C@]12C. The minimum absolute atomic E-state index is 0.0103. The zero-order valence-corrected chi connectivity index (χ0v) is 15.9. The molecular weight excluding hydrogens is 332 g/mol. The molecule has 8 atom stereocenters. The number of carbonyl (C=O) groups is 2. The second-order valence-electron chi connectivity index (χ2n) is 9.71. The van der Waals surface area contributed by atoms with Crippen LogP contribution < -0.4 is 0 Å². The highest BCUT2D eigenvalue weighted by Gasteiger charge is 2.67. The van der Waals surface area contributed by atoms with Crippen LogP contribution in [0.2, 0.25) is 0 Å². The van der Waals surface area contributed by atoms with Gasteiger partial charge in [0.15, 0.2) is 5.78 Å². The molecular formula is C21H30O5. The fourth-order valence-electron chi connectivity index (χ4n) is 7.02. The monoisotopic (exact) mass is 362 g/mol. The molecule has 144 valence electrons. The highest BCUT2D eigenvalue weighted by Crippen LogP contribution is 2.67. The predicted octanol–water partition coefficient (Wildman–Crippen LogP) is 1.78. The summed E-state index contributed by atoms with van der Waals surface area (Å²) >= 11 is 0.